The molecular weight excluding hydrogens is 238 g/mol. The number of anilines is 1. The molecule has 1 aromatic carbocycles. The van der Waals surface area contributed by atoms with Gasteiger partial charge in [0.2, 0.25) is 0 Å². The second-order valence-electron chi connectivity index (χ2n) is 3.37. The fraction of sp³-hybridized carbons (Fsp3) is 0.273. The Kier molecular flexibility index (Phi) is 3.22. The van der Waals surface area contributed by atoms with E-state index in [9.17, 15) is 0 Å². The van der Waals surface area contributed by atoms with Gasteiger partial charge >= 0.3 is 0 Å². The lowest BCUT2D eigenvalue weighted by Crippen LogP contribution is -1.95. The smallest absolute Gasteiger partial charge is 0.263 e. The average molecular weight is 251 g/mol. The number of ether oxygens (including phenoxy) is 3. The van der Waals surface area contributed by atoms with Crippen molar-refractivity contribution in [3.05, 3.63) is 12.1 Å². The third-order valence-electron chi connectivity index (χ3n) is 2.38. The summed E-state index contributed by atoms with van der Waals surface area (Å²) in [6, 6.07) is 3.36. The molecule has 0 aliphatic heterocycles. The number of nitrogens with zero attached hydrogens (tertiary/aromatic N) is 2. The normalized spacial score (nSPS) is 10.2. The molecule has 0 bridgehead atoms. The Labute approximate surface area is 103 Å². The number of aromatic nitrogens is 2. The van der Waals surface area contributed by atoms with Crippen molar-refractivity contribution in [3.63, 3.8) is 0 Å². The molecule has 0 aliphatic rings. The molecule has 18 heavy (non-hydrogen) atoms. The van der Waals surface area contributed by atoms with Crippen LogP contribution >= 0.6 is 0 Å². The zero-order valence-electron chi connectivity index (χ0n) is 10.3. The molecule has 0 radical (unpaired) electrons. The van der Waals surface area contributed by atoms with Crippen LogP contribution in [0.1, 0.15) is 0 Å². The van der Waals surface area contributed by atoms with Crippen LogP contribution < -0.4 is 19.9 Å². The lowest BCUT2D eigenvalue weighted by Gasteiger charge is -2.11. The summed E-state index contributed by atoms with van der Waals surface area (Å²) in [7, 11) is 4.61. The highest BCUT2D eigenvalue weighted by atomic mass is 16.5. The minimum absolute atomic E-state index is 0.0573. The molecule has 0 saturated heterocycles. The van der Waals surface area contributed by atoms with Gasteiger partial charge in [-0.05, 0) is 5.16 Å². The molecular formula is C11H13N3O4. The van der Waals surface area contributed by atoms with Crippen molar-refractivity contribution in [2.75, 3.05) is 27.1 Å². The monoisotopic (exact) mass is 251 g/mol. The fourth-order valence-corrected chi connectivity index (χ4v) is 1.54. The Morgan fingerprint density at radius 2 is 1.61 bits per heavy atom. The highest BCUT2D eigenvalue weighted by Gasteiger charge is 2.17. The van der Waals surface area contributed by atoms with Gasteiger partial charge in [-0.15, -0.1) is 0 Å². The van der Waals surface area contributed by atoms with E-state index >= 15 is 0 Å². The summed E-state index contributed by atoms with van der Waals surface area (Å²) in [6.45, 7) is 0. The van der Waals surface area contributed by atoms with Crippen LogP contribution in [0.4, 0.5) is 5.95 Å². The molecule has 0 amide bonds. The fourth-order valence-electron chi connectivity index (χ4n) is 1.54. The van der Waals surface area contributed by atoms with Gasteiger partial charge in [-0.1, -0.05) is 0 Å². The van der Waals surface area contributed by atoms with Gasteiger partial charge in [-0.25, -0.2) is 0 Å². The molecule has 7 nitrogen and oxygen atoms in total. The first-order chi connectivity index (χ1) is 8.69. The summed E-state index contributed by atoms with van der Waals surface area (Å²) < 4.78 is 20.6. The molecule has 2 rings (SSSR count). The van der Waals surface area contributed by atoms with Gasteiger partial charge < -0.3 is 24.5 Å². The number of rotatable bonds is 4. The van der Waals surface area contributed by atoms with Gasteiger partial charge in [-0.3, -0.25) is 0 Å². The Bertz CT molecular complexity index is 553. The molecule has 0 fully saturated rings. The van der Waals surface area contributed by atoms with Gasteiger partial charge in [0, 0.05) is 12.1 Å². The van der Waals surface area contributed by atoms with Gasteiger partial charge in [0.05, 0.1) is 26.9 Å². The highest BCUT2D eigenvalue weighted by Crippen LogP contribution is 2.39. The quantitative estimate of drug-likeness (QED) is 0.876. The van der Waals surface area contributed by atoms with Crippen molar-refractivity contribution in [3.8, 4) is 28.7 Å². The minimum atomic E-state index is 0.0573. The predicted octanol–water partition coefficient (Wildman–Crippen LogP) is 1.34. The van der Waals surface area contributed by atoms with E-state index in [0.717, 1.165) is 0 Å². The van der Waals surface area contributed by atoms with Crippen LogP contribution in [0.5, 0.6) is 17.2 Å². The number of hydrogen-bond acceptors (Lipinski definition) is 7. The first-order valence-electron chi connectivity index (χ1n) is 5.09. The van der Waals surface area contributed by atoms with Crippen LogP contribution in [0.15, 0.2) is 16.7 Å². The van der Waals surface area contributed by atoms with E-state index in [1.165, 1.54) is 14.2 Å². The van der Waals surface area contributed by atoms with Gasteiger partial charge in [-0.2, -0.15) is 4.98 Å². The standard InChI is InChI=1S/C11H13N3O4/c1-15-7-5-9(17-3)8(16-2)4-6(7)10-13-11(12)14-18-10/h4-5H,1-3H3,(H2,12,14). The minimum Gasteiger partial charge on any atom is -0.496 e. The summed E-state index contributed by atoms with van der Waals surface area (Å²) in [5.74, 6) is 1.92. The first kappa shape index (κ1) is 12.0. The zero-order valence-corrected chi connectivity index (χ0v) is 10.3. The van der Waals surface area contributed by atoms with Crippen LogP contribution in [0.3, 0.4) is 0 Å². The maximum Gasteiger partial charge on any atom is 0.263 e. The van der Waals surface area contributed by atoms with E-state index in [1.54, 1.807) is 19.2 Å². The largest absolute Gasteiger partial charge is 0.496 e. The second kappa shape index (κ2) is 4.82. The van der Waals surface area contributed by atoms with E-state index in [0.29, 0.717) is 22.8 Å². The molecule has 0 atom stereocenters. The molecule has 2 N–H and O–H groups in total. The summed E-state index contributed by atoms with van der Waals surface area (Å²) in [4.78, 5) is 3.94. The maximum absolute atomic E-state index is 5.42. The Balaban J connectivity index is 2.58. The van der Waals surface area contributed by atoms with Gasteiger partial charge in [0.25, 0.3) is 11.8 Å². The molecule has 0 spiro atoms. The highest BCUT2D eigenvalue weighted by molar-refractivity contribution is 5.68. The molecule has 7 heteroatoms. The first-order valence-corrected chi connectivity index (χ1v) is 5.09. The Hall–Kier alpha value is -2.44. The van der Waals surface area contributed by atoms with Crippen LogP contribution in [-0.2, 0) is 0 Å². The average Bonchev–Trinajstić information content (AvgIpc) is 2.83. The van der Waals surface area contributed by atoms with E-state index < -0.39 is 0 Å². The van der Waals surface area contributed by atoms with Gasteiger partial charge in [0.1, 0.15) is 5.75 Å². The van der Waals surface area contributed by atoms with E-state index in [4.69, 9.17) is 24.5 Å². The number of nitrogens with two attached hydrogens (primary N) is 1. The van der Waals surface area contributed by atoms with Crippen LogP contribution in [0.25, 0.3) is 11.5 Å². The lowest BCUT2D eigenvalue weighted by atomic mass is 10.1. The molecule has 1 aromatic heterocycles. The molecule has 0 unspecified atom stereocenters. The molecule has 2 aromatic rings. The number of hydrogen-bond donors (Lipinski definition) is 1. The van der Waals surface area contributed by atoms with Crippen molar-refractivity contribution in [1.29, 1.82) is 0 Å². The number of nitrogen functional groups attached to an aromatic ring is 1. The summed E-state index contributed by atoms with van der Waals surface area (Å²) >= 11 is 0. The van der Waals surface area contributed by atoms with Crippen molar-refractivity contribution in [2.45, 2.75) is 0 Å². The second-order valence-corrected chi connectivity index (χ2v) is 3.37. The van der Waals surface area contributed by atoms with E-state index in [-0.39, 0.29) is 11.8 Å². The molecule has 1 heterocycles. The maximum atomic E-state index is 5.42. The van der Waals surface area contributed by atoms with Crippen LogP contribution in [0.2, 0.25) is 0 Å². The third kappa shape index (κ3) is 2.02. The summed E-state index contributed by atoms with van der Waals surface area (Å²) in [6.07, 6.45) is 0. The lowest BCUT2D eigenvalue weighted by molar-refractivity contribution is 0.348. The van der Waals surface area contributed by atoms with Crippen LogP contribution in [-0.4, -0.2) is 31.5 Å². The summed E-state index contributed by atoms with van der Waals surface area (Å²) in [5.41, 5.74) is 6.00. The van der Waals surface area contributed by atoms with Crippen molar-refractivity contribution in [2.24, 2.45) is 0 Å². The SMILES string of the molecule is COc1cc(OC)c(-c2nc(N)no2)cc1OC. The molecule has 0 saturated carbocycles. The third-order valence-corrected chi connectivity index (χ3v) is 2.38. The van der Waals surface area contributed by atoms with E-state index in [1.807, 2.05) is 0 Å². The van der Waals surface area contributed by atoms with E-state index in [2.05, 4.69) is 10.1 Å². The van der Waals surface area contributed by atoms with Crippen molar-refractivity contribution < 1.29 is 18.7 Å². The van der Waals surface area contributed by atoms with Crippen LogP contribution in [0, 0.1) is 0 Å². The summed E-state index contributed by atoms with van der Waals surface area (Å²) in [5, 5.41) is 3.53. The van der Waals surface area contributed by atoms with Crippen molar-refractivity contribution in [1.82, 2.24) is 10.1 Å². The number of methoxy groups -OCH3 is 3. The topological polar surface area (TPSA) is 92.6 Å². The zero-order chi connectivity index (χ0) is 13.1. The molecule has 0 aliphatic carbocycles. The Morgan fingerprint density at radius 1 is 1.00 bits per heavy atom. The predicted molar refractivity (Wildman–Crippen MR) is 63.8 cm³/mol. The van der Waals surface area contributed by atoms with Crippen molar-refractivity contribution >= 4 is 5.95 Å². The Morgan fingerprint density at radius 3 is 2.11 bits per heavy atom. The van der Waals surface area contributed by atoms with Gasteiger partial charge in [0.15, 0.2) is 11.5 Å². The number of benzene rings is 1. The molecule has 96 valence electrons.